The summed E-state index contributed by atoms with van der Waals surface area (Å²) in [5.41, 5.74) is 2.02. The Hall–Kier alpha value is -2.33. The summed E-state index contributed by atoms with van der Waals surface area (Å²) in [6.07, 6.45) is 0. The monoisotopic (exact) mass is 429 g/mol. The Labute approximate surface area is 175 Å². The standard InChI is InChI=1S/C20H23N5O2S2/c1-16-7-9-18(10-8-16)29(26,27)24-13-11-23(12-14-24)15-25-20(28)21-19(22-25)17-5-3-2-4-6-17/h2-10H,11-15H2,1H3,(H,21,22,28). The van der Waals surface area contributed by atoms with Crippen LogP contribution in [0.25, 0.3) is 11.4 Å². The number of aromatic nitrogens is 3. The summed E-state index contributed by atoms with van der Waals surface area (Å²) in [7, 11) is -3.46. The van der Waals surface area contributed by atoms with Crippen LogP contribution in [0.3, 0.4) is 0 Å². The van der Waals surface area contributed by atoms with Crippen molar-refractivity contribution in [1.29, 1.82) is 0 Å². The van der Waals surface area contributed by atoms with Crippen molar-refractivity contribution in [3.8, 4) is 11.4 Å². The molecule has 2 aromatic carbocycles. The molecule has 1 aliphatic heterocycles. The molecule has 29 heavy (non-hydrogen) atoms. The van der Waals surface area contributed by atoms with Crippen molar-refractivity contribution >= 4 is 22.2 Å². The first-order chi connectivity index (χ1) is 13.9. The zero-order chi connectivity index (χ0) is 20.4. The van der Waals surface area contributed by atoms with Gasteiger partial charge in [-0.25, -0.2) is 13.1 Å². The van der Waals surface area contributed by atoms with Crippen LogP contribution in [0.2, 0.25) is 0 Å². The van der Waals surface area contributed by atoms with E-state index < -0.39 is 10.0 Å². The lowest BCUT2D eigenvalue weighted by atomic mass is 10.2. The molecule has 9 heteroatoms. The predicted octanol–water partition coefficient (Wildman–Crippen LogP) is 2.88. The van der Waals surface area contributed by atoms with Gasteiger partial charge in [-0.2, -0.15) is 9.29 Å². The van der Waals surface area contributed by atoms with E-state index >= 15 is 0 Å². The minimum atomic E-state index is -3.46. The van der Waals surface area contributed by atoms with Gasteiger partial charge in [0.25, 0.3) is 0 Å². The molecule has 1 aromatic heterocycles. The van der Waals surface area contributed by atoms with Gasteiger partial charge < -0.3 is 0 Å². The van der Waals surface area contributed by atoms with Crippen LogP contribution in [0.5, 0.6) is 0 Å². The van der Waals surface area contributed by atoms with Crippen LogP contribution in [0, 0.1) is 11.7 Å². The van der Waals surface area contributed by atoms with E-state index in [1.807, 2.05) is 54.1 Å². The van der Waals surface area contributed by atoms with Crippen LogP contribution in [0.1, 0.15) is 5.56 Å². The summed E-state index contributed by atoms with van der Waals surface area (Å²) in [5.74, 6) is 0.733. The molecule has 4 rings (SSSR count). The summed E-state index contributed by atoms with van der Waals surface area (Å²) >= 11 is 5.39. The van der Waals surface area contributed by atoms with Crippen molar-refractivity contribution in [3.63, 3.8) is 0 Å². The van der Waals surface area contributed by atoms with Crippen LogP contribution in [0.4, 0.5) is 0 Å². The third-order valence-electron chi connectivity index (χ3n) is 5.06. The molecule has 1 N–H and O–H groups in total. The zero-order valence-corrected chi connectivity index (χ0v) is 17.8. The van der Waals surface area contributed by atoms with Crippen LogP contribution in [-0.2, 0) is 16.7 Å². The van der Waals surface area contributed by atoms with E-state index in [4.69, 9.17) is 12.2 Å². The molecule has 7 nitrogen and oxygen atoms in total. The zero-order valence-electron chi connectivity index (χ0n) is 16.2. The highest BCUT2D eigenvalue weighted by Crippen LogP contribution is 2.19. The van der Waals surface area contributed by atoms with E-state index in [9.17, 15) is 8.42 Å². The molecule has 0 amide bonds. The Morgan fingerprint density at radius 1 is 1.00 bits per heavy atom. The lowest BCUT2D eigenvalue weighted by Crippen LogP contribution is -2.48. The summed E-state index contributed by atoms with van der Waals surface area (Å²) in [6.45, 7) is 4.65. The van der Waals surface area contributed by atoms with E-state index in [1.54, 1.807) is 16.4 Å². The summed E-state index contributed by atoms with van der Waals surface area (Å²) in [6, 6.07) is 16.8. The minimum absolute atomic E-state index is 0.347. The Bertz CT molecular complexity index is 1130. The largest absolute Gasteiger partial charge is 0.282 e. The lowest BCUT2D eigenvalue weighted by molar-refractivity contribution is 0.145. The van der Waals surface area contributed by atoms with Crippen LogP contribution in [-0.4, -0.2) is 58.6 Å². The number of H-pyrrole nitrogens is 1. The van der Waals surface area contributed by atoms with Gasteiger partial charge in [0.05, 0.1) is 11.6 Å². The number of piperazine rings is 1. The average molecular weight is 430 g/mol. The van der Waals surface area contributed by atoms with Crippen molar-refractivity contribution in [1.82, 2.24) is 24.0 Å². The highest BCUT2D eigenvalue weighted by atomic mass is 32.2. The number of nitrogens with zero attached hydrogens (tertiary/aromatic N) is 4. The molecule has 0 radical (unpaired) electrons. The van der Waals surface area contributed by atoms with E-state index in [2.05, 4.69) is 15.0 Å². The van der Waals surface area contributed by atoms with Crippen LogP contribution >= 0.6 is 12.2 Å². The van der Waals surface area contributed by atoms with Gasteiger partial charge >= 0.3 is 0 Å². The smallest absolute Gasteiger partial charge is 0.243 e. The second-order valence-corrected chi connectivity index (χ2v) is 9.43. The Kier molecular flexibility index (Phi) is 5.64. The number of sulfonamides is 1. The van der Waals surface area contributed by atoms with Gasteiger partial charge in [-0.1, -0.05) is 48.0 Å². The number of benzene rings is 2. The fourth-order valence-electron chi connectivity index (χ4n) is 3.35. The quantitative estimate of drug-likeness (QED) is 0.632. The van der Waals surface area contributed by atoms with Crippen molar-refractivity contribution in [2.75, 3.05) is 26.2 Å². The van der Waals surface area contributed by atoms with Gasteiger partial charge in [0.15, 0.2) is 5.82 Å². The summed E-state index contributed by atoms with van der Waals surface area (Å²) < 4.78 is 29.6. The Morgan fingerprint density at radius 2 is 1.66 bits per heavy atom. The number of hydrogen-bond donors (Lipinski definition) is 1. The highest BCUT2D eigenvalue weighted by Gasteiger charge is 2.28. The number of rotatable bonds is 5. The van der Waals surface area contributed by atoms with Crippen molar-refractivity contribution in [2.45, 2.75) is 18.5 Å². The number of aromatic amines is 1. The van der Waals surface area contributed by atoms with E-state index in [0.717, 1.165) is 17.0 Å². The Morgan fingerprint density at radius 3 is 2.31 bits per heavy atom. The van der Waals surface area contributed by atoms with Gasteiger partial charge in [0, 0.05) is 31.7 Å². The second-order valence-electron chi connectivity index (χ2n) is 7.13. The van der Waals surface area contributed by atoms with Gasteiger partial charge in [0.2, 0.25) is 14.8 Å². The minimum Gasteiger partial charge on any atom is -0.282 e. The van der Waals surface area contributed by atoms with Crippen molar-refractivity contribution in [2.24, 2.45) is 0 Å². The Balaban J connectivity index is 1.41. The van der Waals surface area contributed by atoms with Crippen molar-refractivity contribution in [3.05, 3.63) is 64.9 Å². The maximum absolute atomic E-state index is 12.8. The third kappa shape index (κ3) is 4.32. The number of aryl methyl sites for hydroxylation is 1. The number of nitrogens with one attached hydrogen (secondary N) is 1. The SMILES string of the molecule is Cc1ccc(S(=O)(=O)N2CCN(Cn3[nH]c(-c4ccccc4)nc3=S)CC2)cc1. The normalized spacial score (nSPS) is 16.2. The molecule has 1 saturated heterocycles. The molecule has 2 heterocycles. The fourth-order valence-corrected chi connectivity index (χ4v) is 4.97. The predicted molar refractivity (Wildman–Crippen MR) is 114 cm³/mol. The topological polar surface area (TPSA) is 74.2 Å². The first kappa shape index (κ1) is 20.0. The molecule has 3 aromatic rings. The molecule has 152 valence electrons. The summed E-state index contributed by atoms with van der Waals surface area (Å²) in [5, 5.41) is 3.25. The first-order valence-corrected chi connectivity index (χ1v) is 11.3. The third-order valence-corrected chi connectivity index (χ3v) is 7.28. The lowest BCUT2D eigenvalue weighted by Gasteiger charge is -2.33. The molecule has 0 saturated carbocycles. The van der Waals surface area contributed by atoms with E-state index in [0.29, 0.717) is 42.5 Å². The first-order valence-electron chi connectivity index (χ1n) is 9.45. The average Bonchev–Trinajstić information content (AvgIpc) is 3.10. The second kappa shape index (κ2) is 8.19. The van der Waals surface area contributed by atoms with Crippen molar-refractivity contribution < 1.29 is 8.42 Å². The maximum atomic E-state index is 12.8. The molecule has 1 fully saturated rings. The molecule has 0 aliphatic carbocycles. The molecule has 0 atom stereocenters. The molecule has 0 unspecified atom stereocenters. The van der Waals surface area contributed by atoms with E-state index in [-0.39, 0.29) is 0 Å². The van der Waals surface area contributed by atoms with Gasteiger partial charge in [0.1, 0.15) is 0 Å². The molecule has 0 bridgehead atoms. The van der Waals surface area contributed by atoms with Gasteiger partial charge in [-0.05, 0) is 31.3 Å². The molecular formula is C20H23N5O2S2. The fraction of sp³-hybridized carbons (Fsp3) is 0.300. The van der Waals surface area contributed by atoms with Gasteiger partial charge in [-0.3, -0.25) is 10.00 Å². The molecule has 0 spiro atoms. The van der Waals surface area contributed by atoms with Gasteiger partial charge in [-0.15, -0.1) is 0 Å². The van der Waals surface area contributed by atoms with Crippen LogP contribution < -0.4 is 0 Å². The highest BCUT2D eigenvalue weighted by molar-refractivity contribution is 7.89. The molecular weight excluding hydrogens is 406 g/mol. The van der Waals surface area contributed by atoms with E-state index in [1.165, 1.54) is 0 Å². The summed E-state index contributed by atoms with van der Waals surface area (Å²) in [4.78, 5) is 6.95. The number of hydrogen-bond acceptors (Lipinski definition) is 5. The van der Waals surface area contributed by atoms with Crippen LogP contribution in [0.15, 0.2) is 59.5 Å². The molecule has 1 aliphatic rings. The maximum Gasteiger partial charge on any atom is 0.243 e.